The number of benzene rings is 2. The van der Waals surface area contributed by atoms with Crippen molar-refractivity contribution < 1.29 is 14.3 Å². The van der Waals surface area contributed by atoms with Crippen LogP contribution in [0.25, 0.3) is 21.8 Å². The van der Waals surface area contributed by atoms with Gasteiger partial charge in [-0.25, -0.2) is 4.98 Å². The van der Waals surface area contributed by atoms with E-state index >= 15 is 0 Å². The molecule has 0 N–H and O–H groups in total. The van der Waals surface area contributed by atoms with E-state index in [-0.39, 0.29) is 18.3 Å². The summed E-state index contributed by atoms with van der Waals surface area (Å²) in [5, 5.41) is 3.42. The number of ketones is 1. The maximum absolute atomic E-state index is 12.4. The van der Waals surface area contributed by atoms with Crippen molar-refractivity contribution in [2.24, 2.45) is 0 Å². The van der Waals surface area contributed by atoms with Crippen molar-refractivity contribution in [3.05, 3.63) is 52.9 Å². The molecule has 0 saturated carbocycles. The first-order chi connectivity index (χ1) is 13.5. The highest BCUT2D eigenvalue weighted by Crippen LogP contribution is 2.39. The van der Waals surface area contributed by atoms with Crippen LogP contribution in [0.15, 0.2) is 47.8 Å². The molecule has 1 aliphatic heterocycles. The summed E-state index contributed by atoms with van der Waals surface area (Å²) in [7, 11) is 0. The largest absolute Gasteiger partial charge is 0.482 e. The number of anilines is 1. The van der Waals surface area contributed by atoms with E-state index in [2.05, 4.69) is 0 Å². The molecule has 1 amide bonds. The number of carbonyl (C=O) groups excluding carboxylic acids is 2. The molecule has 2 aromatic carbocycles. The number of halogens is 1. The molecule has 0 aliphatic carbocycles. The number of hydrogen-bond donors (Lipinski definition) is 0. The van der Waals surface area contributed by atoms with E-state index in [1.54, 1.807) is 6.92 Å². The first kappa shape index (κ1) is 18.7. The molecule has 142 valence electrons. The molecule has 5 nitrogen and oxygen atoms in total. The summed E-state index contributed by atoms with van der Waals surface area (Å²) in [6, 6.07) is 12.6. The van der Waals surface area contributed by atoms with Gasteiger partial charge in [0.2, 0.25) is 0 Å². The fourth-order valence-corrected chi connectivity index (χ4v) is 4.25. The average molecular weight is 413 g/mol. The maximum Gasteiger partial charge on any atom is 0.265 e. The van der Waals surface area contributed by atoms with Crippen molar-refractivity contribution in [1.29, 1.82) is 0 Å². The van der Waals surface area contributed by atoms with Crippen molar-refractivity contribution in [3.63, 3.8) is 0 Å². The second kappa shape index (κ2) is 7.37. The van der Waals surface area contributed by atoms with Crippen molar-refractivity contribution in [3.8, 4) is 27.6 Å². The summed E-state index contributed by atoms with van der Waals surface area (Å²) in [5.41, 5.74) is 3.08. The topological polar surface area (TPSA) is 59.5 Å². The third-order valence-electron chi connectivity index (χ3n) is 4.72. The molecule has 2 heterocycles. The Kier molecular flexibility index (Phi) is 4.91. The van der Waals surface area contributed by atoms with E-state index in [1.807, 2.05) is 47.8 Å². The Hall–Kier alpha value is -2.70. The van der Waals surface area contributed by atoms with Crippen molar-refractivity contribution in [1.82, 2.24) is 4.98 Å². The predicted molar refractivity (Wildman–Crippen MR) is 111 cm³/mol. The van der Waals surface area contributed by atoms with Gasteiger partial charge in [0.25, 0.3) is 5.91 Å². The Morgan fingerprint density at radius 3 is 2.82 bits per heavy atom. The molecule has 1 unspecified atom stereocenters. The van der Waals surface area contributed by atoms with Gasteiger partial charge in [0.1, 0.15) is 10.8 Å². The molecule has 0 spiro atoms. The molecule has 3 aromatic rings. The second-order valence-corrected chi connectivity index (χ2v) is 7.80. The third-order valence-corrected chi connectivity index (χ3v) is 5.92. The van der Waals surface area contributed by atoms with E-state index in [4.69, 9.17) is 21.3 Å². The number of nitrogens with zero attached hydrogens (tertiary/aromatic N) is 2. The van der Waals surface area contributed by atoms with Crippen LogP contribution in [0.1, 0.15) is 13.8 Å². The number of fused-ring (bicyclic) bond motifs is 1. The lowest BCUT2D eigenvalue weighted by Gasteiger charge is -2.33. The van der Waals surface area contributed by atoms with E-state index in [1.165, 1.54) is 23.2 Å². The van der Waals surface area contributed by atoms with Crippen molar-refractivity contribution in [2.75, 3.05) is 11.5 Å². The Labute approximate surface area is 171 Å². The van der Waals surface area contributed by atoms with Gasteiger partial charge in [-0.2, -0.15) is 0 Å². The van der Waals surface area contributed by atoms with Crippen LogP contribution >= 0.6 is 22.9 Å². The summed E-state index contributed by atoms with van der Waals surface area (Å²) in [6.07, 6.45) is 0. The van der Waals surface area contributed by atoms with Gasteiger partial charge in [-0.3, -0.25) is 14.5 Å². The summed E-state index contributed by atoms with van der Waals surface area (Å²) in [6.45, 7) is 3.13. The van der Waals surface area contributed by atoms with Crippen LogP contribution in [-0.4, -0.2) is 29.3 Å². The van der Waals surface area contributed by atoms with Gasteiger partial charge in [0.05, 0.1) is 22.4 Å². The number of Topliss-reactive ketones (excluding diaryl/α,β-unsaturated/α-hetero) is 1. The van der Waals surface area contributed by atoms with Crippen molar-refractivity contribution >= 4 is 40.3 Å². The van der Waals surface area contributed by atoms with E-state index < -0.39 is 6.04 Å². The zero-order valence-electron chi connectivity index (χ0n) is 15.3. The van der Waals surface area contributed by atoms with Crippen LogP contribution in [0.5, 0.6) is 5.75 Å². The smallest absolute Gasteiger partial charge is 0.265 e. The fraction of sp³-hybridized carbons (Fsp3) is 0.190. The van der Waals surface area contributed by atoms with Gasteiger partial charge in [0, 0.05) is 16.5 Å². The Bertz CT molecular complexity index is 1080. The Morgan fingerprint density at radius 2 is 2.07 bits per heavy atom. The number of rotatable bonds is 4. The number of carbonyl (C=O) groups is 2. The van der Waals surface area contributed by atoms with Crippen LogP contribution in [0.4, 0.5) is 5.69 Å². The van der Waals surface area contributed by atoms with E-state index in [0.29, 0.717) is 16.5 Å². The molecule has 1 aromatic heterocycles. The lowest BCUT2D eigenvalue weighted by molar-refractivity contribution is -0.125. The molecule has 0 saturated heterocycles. The van der Waals surface area contributed by atoms with Gasteiger partial charge >= 0.3 is 0 Å². The molecule has 0 fully saturated rings. The lowest BCUT2D eigenvalue weighted by atomic mass is 10.1. The van der Waals surface area contributed by atoms with Crippen LogP contribution < -0.4 is 9.64 Å². The molecule has 0 bridgehead atoms. The van der Waals surface area contributed by atoms with Crippen LogP contribution in [0.3, 0.4) is 0 Å². The highest BCUT2D eigenvalue weighted by molar-refractivity contribution is 7.13. The van der Waals surface area contributed by atoms with Gasteiger partial charge in [0.15, 0.2) is 12.4 Å². The minimum atomic E-state index is -0.556. The predicted octanol–water partition coefficient (Wildman–Crippen LogP) is 4.83. The van der Waals surface area contributed by atoms with Gasteiger partial charge < -0.3 is 4.74 Å². The molecular formula is C21H17ClN2O3S. The molecule has 0 radical (unpaired) electrons. The minimum absolute atomic E-state index is 0.0721. The van der Waals surface area contributed by atoms with E-state index in [0.717, 1.165) is 21.8 Å². The first-order valence-electron chi connectivity index (χ1n) is 8.76. The van der Waals surface area contributed by atoms with E-state index in [9.17, 15) is 9.59 Å². The summed E-state index contributed by atoms with van der Waals surface area (Å²) >= 11 is 7.78. The first-order valence-corrected chi connectivity index (χ1v) is 10.0. The summed E-state index contributed by atoms with van der Waals surface area (Å²) in [5.74, 6) is 0.265. The van der Waals surface area contributed by atoms with Gasteiger partial charge in [-0.1, -0.05) is 29.8 Å². The molecule has 4 rings (SSSR count). The molecule has 7 heteroatoms. The van der Waals surface area contributed by atoms with Crippen LogP contribution in [-0.2, 0) is 9.59 Å². The third kappa shape index (κ3) is 3.30. The lowest BCUT2D eigenvalue weighted by Crippen LogP contribution is -2.47. The zero-order chi connectivity index (χ0) is 19.8. The average Bonchev–Trinajstić information content (AvgIpc) is 3.17. The normalized spacial score (nSPS) is 14.4. The highest BCUT2D eigenvalue weighted by Gasteiger charge is 2.32. The number of ether oxygens (including phenoxy) is 1. The summed E-state index contributed by atoms with van der Waals surface area (Å²) < 4.78 is 5.54. The standard InChI is InChI=1S/C21H17ClN2O3S/c1-12(13(2)25)24-18-9-14(7-8-19(18)27-10-20(24)26)17-11-28-21(23-17)15-5-3-4-6-16(15)22/h3-9,11-12H,10H2,1-2H3. The second-order valence-electron chi connectivity index (χ2n) is 6.54. The zero-order valence-corrected chi connectivity index (χ0v) is 16.9. The van der Waals surface area contributed by atoms with Crippen LogP contribution in [0.2, 0.25) is 5.02 Å². The Balaban J connectivity index is 1.74. The minimum Gasteiger partial charge on any atom is -0.482 e. The number of aromatic nitrogens is 1. The number of hydrogen-bond acceptors (Lipinski definition) is 5. The molecular weight excluding hydrogens is 396 g/mol. The van der Waals surface area contributed by atoms with Crippen molar-refractivity contribution in [2.45, 2.75) is 19.9 Å². The summed E-state index contributed by atoms with van der Waals surface area (Å²) in [4.78, 5) is 30.5. The molecule has 1 aliphatic rings. The SMILES string of the molecule is CC(=O)C(C)N1C(=O)COc2ccc(-c3csc(-c4ccccc4Cl)n3)cc21. The highest BCUT2D eigenvalue weighted by atomic mass is 35.5. The molecule has 28 heavy (non-hydrogen) atoms. The van der Waals surface area contributed by atoms with Gasteiger partial charge in [-0.05, 0) is 38.1 Å². The monoisotopic (exact) mass is 412 g/mol. The van der Waals surface area contributed by atoms with Crippen LogP contribution in [0, 0.1) is 0 Å². The van der Waals surface area contributed by atoms with Gasteiger partial charge in [-0.15, -0.1) is 11.3 Å². The Morgan fingerprint density at radius 1 is 1.29 bits per heavy atom. The number of amides is 1. The quantitative estimate of drug-likeness (QED) is 0.615. The number of thiazole rings is 1. The fourth-order valence-electron chi connectivity index (χ4n) is 3.10. The maximum atomic E-state index is 12.4. The molecule has 1 atom stereocenters.